The van der Waals surface area contributed by atoms with E-state index in [9.17, 15) is 9.59 Å². The first-order valence-corrected chi connectivity index (χ1v) is 3.96. The van der Waals surface area contributed by atoms with Gasteiger partial charge in [0.2, 0.25) is 0 Å². The van der Waals surface area contributed by atoms with Gasteiger partial charge in [-0.15, -0.1) is 25.3 Å². The van der Waals surface area contributed by atoms with Gasteiger partial charge in [-0.25, -0.2) is 0 Å². The molecule has 0 aliphatic rings. The van der Waals surface area contributed by atoms with Crippen LogP contribution in [-0.2, 0) is 9.59 Å². The molecule has 0 fully saturated rings. The van der Waals surface area contributed by atoms with Crippen molar-refractivity contribution in [3.63, 3.8) is 0 Å². The normalized spacial score (nSPS) is 8.55. The minimum atomic E-state index is -0.119. The van der Waals surface area contributed by atoms with Crippen LogP contribution in [-0.4, -0.2) is 39.8 Å². The maximum atomic E-state index is 10.2. The van der Waals surface area contributed by atoms with E-state index in [-0.39, 0.29) is 39.8 Å². The Morgan fingerprint density at radius 1 is 0.909 bits per heavy atom. The molecule has 0 radical (unpaired) electrons. The summed E-state index contributed by atoms with van der Waals surface area (Å²) in [5, 5.41) is -0.238. The van der Waals surface area contributed by atoms with Gasteiger partial charge in [-0.1, -0.05) is 0 Å². The van der Waals surface area contributed by atoms with Crippen LogP contribution in [0.25, 0.3) is 0 Å². The average Bonchev–Trinajstić information content (AvgIpc) is 1.79. The molecule has 60 valence electrons. The van der Waals surface area contributed by atoms with Crippen molar-refractivity contribution in [3.05, 3.63) is 0 Å². The monoisotopic (exact) mass is 202 g/mol. The van der Waals surface area contributed by atoms with E-state index in [1.807, 2.05) is 0 Å². The third kappa shape index (κ3) is 14.0. The maximum absolute atomic E-state index is 10.2. The Balaban J connectivity index is 0. The quantitative estimate of drug-likeness (QED) is 0.393. The van der Waals surface area contributed by atoms with Gasteiger partial charge >= 0.3 is 29.6 Å². The van der Waals surface area contributed by atoms with Crippen LogP contribution >= 0.6 is 25.3 Å². The summed E-state index contributed by atoms with van der Waals surface area (Å²) in [4.78, 5) is 20.5. The molecule has 0 aromatic carbocycles. The first-order chi connectivity index (χ1) is 4.63. The molecule has 0 rings (SSSR count). The first kappa shape index (κ1) is 14.6. The Kier molecular flexibility index (Phi) is 12.1. The molecule has 0 aliphatic carbocycles. The molecule has 11 heavy (non-hydrogen) atoms. The van der Waals surface area contributed by atoms with E-state index in [4.69, 9.17) is 0 Å². The summed E-state index contributed by atoms with van der Waals surface area (Å²) in [5.74, 6) is 0. The summed E-state index contributed by atoms with van der Waals surface area (Å²) >= 11 is 7.16. The van der Waals surface area contributed by atoms with Gasteiger partial charge in [-0.05, 0) is 12.8 Å². The molecule has 0 aliphatic heterocycles. The zero-order chi connectivity index (χ0) is 7.98. The number of carbonyl (C=O) groups excluding carboxylic acids is 2. The van der Waals surface area contributed by atoms with Crippen molar-refractivity contribution >= 4 is 65.0 Å². The second-order valence-electron chi connectivity index (χ2n) is 1.99. The summed E-state index contributed by atoms with van der Waals surface area (Å²) in [6.45, 7) is 0. The van der Waals surface area contributed by atoms with E-state index >= 15 is 0 Å². The molecule has 0 unspecified atom stereocenters. The molecule has 0 heterocycles. The van der Waals surface area contributed by atoms with Crippen LogP contribution in [0.5, 0.6) is 0 Å². The predicted molar refractivity (Wildman–Crippen MR) is 53.6 cm³/mol. The number of thiol groups is 2. The van der Waals surface area contributed by atoms with Crippen LogP contribution in [0.1, 0.15) is 25.7 Å². The van der Waals surface area contributed by atoms with E-state index in [2.05, 4.69) is 25.3 Å². The van der Waals surface area contributed by atoms with Crippen LogP contribution < -0.4 is 0 Å². The average molecular weight is 202 g/mol. The molecule has 0 bridgehead atoms. The number of carbonyl (C=O) groups is 2. The fourth-order valence-electron chi connectivity index (χ4n) is 0.552. The van der Waals surface area contributed by atoms with Crippen molar-refractivity contribution in [2.45, 2.75) is 25.7 Å². The van der Waals surface area contributed by atoms with E-state index < -0.39 is 0 Å². The Hall–Kier alpha value is 1.04. The summed E-state index contributed by atoms with van der Waals surface area (Å²) in [5.41, 5.74) is 0. The second kappa shape index (κ2) is 9.13. The summed E-state index contributed by atoms with van der Waals surface area (Å²) in [6, 6.07) is 0. The van der Waals surface area contributed by atoms with Crippen molar-refractivity contribution < 1.29 is 9.59 Å². The molecule has 0 aromatic rings. The predicted octanol–water partition coefficient (Wildman–Crippen LogP) is 0.811. The van der Waals surface area contributed by atoms with Crippen molar-refractivity contribution in [2.75, 3.05) is 0 Å². The third-order valence-electron chi connectivity index (χ3n) is 1.03. The molecule has 0 N–H and O–H groups in total. The molecule has 5 heteroatoms. The van der Waals surface area contributed by atoms with E-state index in [0.29, 0.717) is 12.8 Å². The standard InChI is InChI=1S/C6H10O2S2.Na.H/c7-5(9)3-1-2-4-6(8)10;;/h1-4H2,(H,7,9)(H,8,10);;. The zero-order valence-corrected chi connectivity index (χ0v) is 7.33. The fraction of sp³-hybridized carbons (Fsp3) is 0.667. The summed E-state index contributed by atoms with van der Waals surface area (Å²) < 4.78 is 0. The molecule has 0 spiro atoms. The van der Waals surface area contributed by atoms with Gasteiger partial charge in [0.05, 0.1) is 0 Å². The summed E-state index contributed by atoms with van der Waals surface area (Å²) in [6.07, 6.45) is 2.36. The van der Waals surface area contributed by atoms with Crippen LogP contribution in [0.3, 0.4) is 0 Å². The fourth-order valence-corrected chi connectivity index (χ4v) is 0.869. The van der Waals surface area contributed by atoms with E-state index in [0.717, 1.165) is 12.8 Å². The van der Waals surface area contributed by atoms with Crippen LogP contribution in [0, 0.1) is 0 Å². The first-order valence-electron chi connectivity index (χ1n) is 3.06. The van der Waals surface area contributed by atoms with E-state index in [1.165, 1.54) is 0 Å². The number of unbranched alkanes of at least 4 members (excludes halogenated alkanes) is 1. The van der Waals surface area contributed by atoms with Gasteiger partial charge in [0.15, 0.2) is 10.2 Å². The Morgan fingerprint density at radius 2 is 1.18 bits per heavy atom. The molecular formula is C6H11NaO2S2. The van der Waals surface area contributed by atoms with Gasteiger partial charge in [0.1, 0.15) is 0 Å². The summed E-state index contributed by atoms with van der Waals surface area (Å²) in [7, 11) is 0. The van der Waals surface area contributed by atoms with Gasteiger partial charge in [-0.2, -0.15) is 0 Å². The van der Waals surface area contributed by atoms with Crippen LogP contribution in [0.15, 0.2) is 0 Å². The molecule has 0 atom stereocenters. The molecule has 0 amide bonds. The van der Waals surface area contributed by atoms with E-state index in [1.54, 1.807) is 0 Å². The third-order valence-corrected chi connectivity index (χ3v) is 1.48. The SMILES string of the molecule is O=C(S)CCCCC(=O)S.[NaH]. The molecule has 0 aromatic heterocycles. The Bertz CT molecular complexity index is 123. The molecule has 2 nitrogen and oxygen atoms in total. The van der Waals surface area contributed by atoms with Gasteiger partial charge < -0.3 is 0 Å². The van der Waals surface area contributed by atoms with Gasteiger partial charge in [0.25, 0.3) is 0 Å². The second-order valence-corrected chi connectivity index (χ2v) is 2.99. The van der Waals surface area contributed by atoms with Crippen molar-refractivity contribution in [3.8, 4) is 0 Å². The van der Waals surface area contributed by atoms with Gasteiger partial charge in [0, 0.05) is 12.8 Å². The number of rotatable bonds is 5. The van der Waals surface area contributed by atoms with Crippen molar-refractivity contribution in [1.82, 2.24) is 0 Å². The minimum absolute atomic E-state index is 0. The topological polar surface area (TPSA) is 34.1 Å². The number of hydrogen-bond acceptors (Lipinski definition) is 2. The Labute approximate surface area is 99.6 Å². The zero-order valence-electron chi connectivity index (χ0n) is 5.54. The van der Waals surface area contributed by atoms with Crippen molar-refractivity contribution in [2.24, 2.45) is 0 Å². The molecular weight excluding hydrogens is 191 g/mol. The van der Waals surface area contributed by atoms with Crippen LogP contribution in [0.4, 0.5) is 0 Å². The number of hydrogen-bond donors (Lipinski definition) is 2. The van der Waals surface area contributed by atoms with Gasteiger partial charge in [-0.3, -0.25) is 9.59 Å². The van der Waals surface area contributed by atoms with Crippen molar-refractivity contribution in [1.29, 1.82) is 0 Å². The Morgan fingerprint density at radius 3 is 1.36 bits per heavy atom. The molecule has 0 saturated heterocycles. The molecule has 0 saturated carbocycles. The van der Waals surface area contributed by atoms with Crippen LogP contribution in [0.2, 0.25) is 0 Å².